The lowest BCUT2D eigenvalue weighted by Gasteiger charge is -2.41. The molecule has 0 spiro atoms. The highest BCUT2D eigenvalue weighted by molar-refractivity contribution is 6.33. The van der Waals surface area contributed by atoms with E-state index in [1.54, 1.807) is 0 Å². The molecule has 0 radical (unpaired) electrons. The quantitative estimate of drug-likeness (QED) is 0.0489. The number of phenolic OH excluding ortho intramolecular Hbond substituents is 5. The summed E-state index contributed by atoms with van der Waals surface area (Å²) in [4.78, 5) is 133. The van der Waals surface area contributed by atoms with Gasteiger partial charge >= 0.3 is 11.9 Å². The minimum atomic E-state index is -2.38. The van der Waals surface area contributed by atoms with E-state index >= 15 is 19.2 Å². The van der Waals surface area contributed by atoms with E-state index in [9.17, 15) is 75.0 Å². The first-order valence-corrected chi connectivity index (χ1v) is 35.8. The number of amides is 7. The normalized spacial score (nSPS) is 23.8. The predicted molar refractivity (Wildman–Crippen MR) is 386 cm³/mol. The minimum absolute atomic E-state index is 0.116. The molecular formula is C76H76Cl2N8O24. The molecule has 7 aliphatic heterocycles. The molecular weight excluding hydrogens is 1480 g/mol. The Labute approximate surface area is 635 Å². The molecule has 18 N–H and O–H groups in total. The van der Waals surface area contributed by atoms with Crippen molar-refractivity contribution in [2.45, 2.75) is 150 Å². The van der Waals surface area contributed by atoms with Crippen LogP contribution in [0.5, 0.6) is 69.0 Å². The summed E-state index contributed by atoms with van der Waals surface area (Å²) in [7, 11) is 1.43. The fourth-order valence-corrected chi connectivity index (χ4v) is 14.1. The third-order valence-electron chi connectivity index (χ3n) is 19.4. The first-order valence-electron chi connectivity index (χ1n) is 35.0. The second-order valence-corrected chi connectivity index (χ2v) is 27.8. The lowest BCUT2D eigenvalue weighted by atomic mass is 9.89. The van der Waals surface area contributed by atoms with Gasteiger partial charge in [-0.25, -0.2) is 9.59 Å². The van der Waals surface area contributed by atoms with Gasteiger partial charge in [-0.05, 0) is 114 Å². The third-order valence-corrected chi connectivity index (χ3v) is 20.1. The number of carbonyl (C=O) groups is 9. The molecule has 1 fully saturated rings. The summed E-state index contributed by atoms with van der Waals surface area (Å²) in [5.41, 5.74) is -2.67. The van der Waals surface area contributed by atoms with Crippen LogP contribution in [-0.2, 0) is 54.3 Å². The number of phenols is 5. The number of likely N-dealkylation sites (N-methyl/N-ethyl adjacent to an activating group) is 1. The Balaban J connectivity index is 1.09. The van der Waals surface area contributed by atoms with Gasteiger partial charge in [0.05, 0.1) is 10.0 Å². The molecule has 13 atom stereocenters. The first kappa shape index (κ1) is 77.9. The molecule has 7 aliphatic rings. The molecule has 14 rings (SSSR count). The molecule has 7 aromatic carbocycles. The number of benzene rings is 7. The van der Waals surface area contributed by atoms with E-state index in [-0.39, 0.29) is 46.8 Å². The maximum atomic E-state index is 16.4. The molecule has 7 amide bonds. The van der Waals surface area contributed by atoms with Gasteiger partial charge in [0.1, 0.15) is 101 Å². The summed E-state index contributed by atoms with van der Waals surface area (Å²) in [5.74, 6) is -18.6. The molecule has 0 aromatic heterocycles. The molecule has 0 saturated carbocycles. The number of ether oxygens (including phenoxy) is 5. The number of rotatable bonds is 15. The molecule has 0 unspecified atom stereocenters. The standard InChI is InChI=1S/C76H76Cl2N8O24/c1-3-4-5-6-7-8-9-10-11-53(92)81-62-64(94)65(95)67(75(104)105)110-76(62)109-66-51-26-36-27-52(66)108-49-21-16-35(24-43(49)77)63(93)61-73(101)85-60(74(102)103)41-28-37(87)29-47(90)54(41)40-23-33(14-19-45(40)88)57(70(98)86-61)82-71(99)58(36)83-72(100)59-42-30-39(31-48(91)55(42)78)107-50-25-34(15-20-46(50)89)56(79-2)69(97)80-44(68(96)84-59)22-32-12-17-38(106-51)18-13-32/h12-21,23-31,44,56-65,67,76,79,87-91,93-95H,3-11,22H2,1-2H3,(H,80,97)(H,81,92)(H,82,99)(H,83,100)(H,84,96)(H,85,101)(H,86,98)(H,102,103)(H,104,105)/t44-,56+,57-,58-,59+,60+,61+,62-,63-,64-,65+,67+,76-/m1/s1. The van der Waals surface area contributed by atoms with Gasteiger partial charge < -0.3 is 117 Å². The van der Waals surface area contributed by atoms with Gasteiger partial charge in [0.15, 0.2) is 35.1 Å². The Morgan fingerprint density at radius 2 is 1.16 bits per heavy atom. The Kier molecular flexibility index (Phi) is 23.4. The Hall–Kier alpha value is -11.7. The van der Waals surface area contributed by atoms with Crippen LogP contribution in [0.25, 0.3) is 11.1 Å². The molecule has 0 aliphatic carbocycles. The first-order chi connectivity index (χ1) is 52.6. The molecule has 32 nitrogen and oxygen atoms in total. The highest BCUT2D eigenvalue weighted by atomic mass is 35.5. The van der Waals surface area contributed by atoms with Crippen LogP contribution < -0.4 is 61.5 Å². The van der Waals surface area contributed by atoms with Crippen molar-refractivity contribution < 1.29 is 118 Å². The fraction of sp³-hybridized carbons (Fsp3) is 0.329. The van der Waals surface area contributed by atoms with E-state index < -0.39 is 222 Å². The summed E-state index contributed by atoms with van der Waals surface area (Å²) in [5, 5.41) is 134. The minimum Gasteiger partial charge on any atom is -0.508 e. The van der Waals surface area contributed by atoms with Crippen LogP contribution in [0, 0.1) is 0 Å². The number of hydrogen-bond donors (Lipinski definition) is 18. The highest BCUT2D eigenvalue weighted by Gasteiger charge is 2.51. The number of halogens is 2. The van der Waals surface area contributed by atoms with Crippen molar-refractivity contribution in [1.82, 2.24) is 42.5 Å². The summed E-state index contributed by atoms with van der Waals surface area (Å²) >= 11 is 14.1. The number of aliphatic hydroxyl groups excluding tert-OH is 3. The number of aromatic hydroxyl groups is 5. The maximum absolute atomic E-state index is 16.4. The smallest absolute Gasteiger partial charge is 0.335 e. The van der Waals surface area contributed by atoms with Crippen molar-refractivity contribution in [1.29, 1.82) is 0 Å². The van der Waals surface area contributed by atoms with E-state index in [2.05, 4.69) is 49.5 Å². The molecule has 578 valence electrons. The number of aliphatic hydroxyl groups is 3. The number of nitrogens with one attached hydrogen (secondary N) is 8. The van der Waals surface area contributed by atoms with Crippen LogP contribution in [-0.4, -0.2) is 154 Å². The van der Waals surface area contributed by atoms with E-state index in [0.29, 0.717) is 18.4 Å². The second kappa shape index (κ2) is 33.1. The summed E-state index contributed by atoms with van der Waals surface area (Å²) in [6.45, 7) is 2.10. The van der Waals surface area contributed by atoms with E-state index in [1.807, 2.05) is 0 Å². The van der Waals surface area contributed by atoms with Crippen molar-refractivity contribution in [2.75, 3.05) is 7.05 Å². The molecule has 110 heavy (non-hydrogen) atoms. The van der Waals surface area contributed by atoms with Crippen LogP contribution in [0.1, 0.15) is 140 Å². The summed E-state index contributed by atoms with van der Waals surface area (Å²) in [6, 6.07) is 5.63. The average molecular weight is 1560 g/mol. The van der Waals surface area contributed by atoms with Gasteiger partial charge in [-0.1, -0.05) is 105 Å². The summed E-state index contributed by atoms with van der Waals surface area (Å²) < 4.78 is 32.1. The van der Waals surface area contributed by atoms with Crippen LogP contribution in [0.2, 0.25) is 10.0 Å². The number of fused-ring (bicyclic) bond motifs is 14. The zero-order chi connectivity index (χ0) is 78.7. The monoisotopic (exact) mass is 1550 g/mol. The molecule has 7 heterocycles. The summed E-state index contributed by atoms with van der Waals surface area (Å²) in [6.07, 6.45) is -4.71. The van der Waals surface area contributed by atoms with Crippen LogP contribution in [0.15, 0.2) is 115 Å². The third kappa shape index (κ3) is 16.7. The number of hydrogen-bond acceptors (Lipinski definition) is 23. The number of aliphatic carboxylic acids is 2. The average Bonchev–Trinajstić information content (AvgIpc) is 0.780. The fourth-order valence-electron chi connectivity index (χ4n) is 13.7. The van der Waals surface area contributed by atoms with Gasteiger partial charge in [0, 0.05) is 47.2 Å². The maximum Gasteiger partial charge on any atom is 0.335 e. The molecule has 17 bridgehead atoms. The van der Waals surface area contributed by atoms with Gasteiger partial charge in [-0.3, -0.25) is 33.6 Å². The van der Waals surface area contributed by atoms with Crippen molar-refractivity contribution >= 4 is 76.5 Å². The Morgan fingerprint density at radius 1 is 0.536 bits per heavy atom. The number of carbonyl (C=O) groups excluding carboxylic acids is 7. The lowest BCUT2D eigenvalue weighted by Crippen LogP contribution is -2.66. The SMILES string of the molecule is CCCCCCCCCCC(=O)N[C@H]1[C@H](Oc2c3cc4cc2Oc2ccc(cc2Cl)[C@@H](O)[C@@H]2NC(=O)[C@H](NC(=O)[C@@H]4NC(=O)[C@H]4NC(=O)[C@@H](Cc5ccc(cc5)O3)NC(=O)[C@@H](NC)c3ccc(O)c(c3)Oc3cc(O)c(Cl)c4c3)c3ccc(O)c(c3)-c3c(O)cc(O)cc3[C@@H](C(=O)O)NC2=O)O[C@H](C(=O)O)[C@@H](O)[C@@H]1O. The van der Waals surface area contributed by atoms with E-state index in [1.165, 1.54) is 49.5 Å². The molecule has 1 saturated heterocycles. The zero-order valence-corrected chi connectivity index (χ0v) is 60.0. The predicted octanol–water partition coefficient (Wildman–Crippen LogP) is 6.47. The van der Waals surface area contributed by atoms with Gasteiger partial charge in [0.2, 0.25) is 53.4 Å². The molecule has 34 heteroatoms. The number of carboxylic acids is 2. The van der Waals surface area contributed by atoms with E-state index in [0.717, 1.165) is 111 Å². The van der Waals surface area contributed by atoms with Crippen LogP contribution in [0.3, 0.4) is 0 Å². The van der Waals surface area contributed by atoms with Crippen LogP contribution >= 0.6 is 23.2 Å². The van der Waals surface area contributed by atoms with E-state index in [4.69, 9.17) is 46.9 Å². The number of unbranched alkanes of at least 4 members (excludes halogenated alkanes) is 7. The van der Waals surface area contributed by atoms with Crippen molar-refractivity contribution in [3.8, 4) is 80.1 Å². The largest absolute Gasteiger partial charge is 0.508 e. The van der Waals surface area contributed by atoms with Crippen LogP contribution in [0.4, 0.5) is 0 Å². The highest BCUT2D eigenvalue weighted by Crippen LogP contribution is 2.50. The zero-order valence-electron chi connectivity index (χ0n) is 58.5. The topological polar surface area (TPSA) is 498 Å². The lowest BCUT2D eigenvalue weighted by molar-refractivity contribution is -0.241. The molecule has 7 aromatic rings. The van der Waals surface area contributed by atoms with Crippen molar-refractivity contribution in [3.63, 3.8) is 0 Å². The van der Waals surface area contributed by atoms with Gasteiger partial charge in [0.25, 0.3) is 0 Å². The second-order valence-electron chi connectivity index (χ2n) is 27.0. The van der Waals surface area contributed by atoms with Gasteiger partial charge in [-0.2, -0.15) is 0 Å². The van der Waals surface area contributed by atoms with Crippen molar-refractivity contribution in [3.05, 3.63) is 164 Å². The van der Waals surface area contributed by atoms with Crippen molar-refractivity contribution in [2.24, 2.45) is 0 Å². The number of carboxylic acid groups (broad SMARTS) is 2. The Morgan fingerprint density at radius 3 is 1.85 bits per heavy atom. The Bertz CT molecular complexity index is 4800. The van der Waals surface area contributed by atoms with Gasteiger partial charge in [-0.15, -0.1) is 0 Å².